The molecule has 0 radical (unpaired) electrons. The first-order valence-corrected chi connectivity index (χ1v) is 5.11. The summed E-state index contributed by atoms with van der Waals surface area (Å²) in [5.74, 6) is 0.485. The zero-order valence-corrected chi connectivity index (χ0v) is 9.11. The van der Waals surface area contributed by atoms with Crippen molar-refractivity contribution in [2.45, 2.75) is 26.4 Å². The first-order valence-electron chi connectivity index (χ1n) is 5.11. The van der Waals surface area contributed by atoms with Crippen molar-refractivity contribution in [1.29, 1.82) is 0 Å². The van der Waals surface area contributed by atoms with E-state index in [1.807, 2.05) is 0 Å². The van der Waals surface area contributed by atoms with Crippen LogP contribution in [-0.4, -0.2) is 49.4 Å². The van der Waals surface area contributed by atoms with Crippen LogP contribution in [0.3, 0.4) is 0 Å². The van der Waals surface area contributed by atoms with Gasteiger partial charge in [-0.05, 0) is 12.3 Å². The third kappa shape index (κ3) is 9.92. The number of hydrogen-bond acceptors (Lipinski definition) is 4. The van der Waals surface area contributed by atoms with E-state index in [9.17, 15) is 5.11 Å². The van der Waals surface area contributed by atoms with Crippen LogP contribution in [0.5, 0.6) is 0 Å². The molecular weight excluding hydrogens is 184 g/mol. The Bertz CT molecular complexity index is 117. The quantitative estimate of drug-likeness (QED) is 0.537. The maximum Gasteiger partial charge on any atom is 0.0776 e. The van der Waals surface area contributed by atoms with Crippen molar-refractivity contribution in [3.8, 4) is 0 Å². The summed E-state index contributed by atoms with van der Waals surface area (Å²) in [6, 6.07) is 0. The summed E-state index contributed by atoms with van der Waals surface area (Å²) in [6.07, 6.45) is 0.380. The number of aliphatic hydroxyl groups excluding tert-OH is 2. The van der Waals surface area contributed by atoms with Gasteiger partial charge < -0.3 is 19.7 Å². The van der Waals surface area contributed by atoms with Gasteiger partial charge in [-0.1, -0.05) is 13.8 Å². The largest absolute Gasteiger partial charge is 0.394 e. The van der Waals surface area contributed by atoms with Crippen LogP contribution in [0.1, 0.15) is 20.3 Å². The Morgan fingerprint density at radius 2 is 1.71 bits per heavy atom. The third-order valence-corrected chi connectivity index (χ3v) is 1.66. The molecule has 2 N–H and O–H groups in total. The highest BCUT2D eigenvalue weighted by molar-refractivity contribution is 4.56. The van der Waals surface area contributed by atoms with E-state index in [4.69, 9.17) is 14.6 Å². The SMILES string of the molecule is CC(C)CC(O)COCCOCCO. The molecule has 14 heavy (non-hydrogen) atoms. The second-order valence-electron chi connectivity index (χ2n) is 3.69. The predicted molar refractivity (Wildman–Crippen MR) is 54.2 cm³/mol. The molecule has 0 bridgehead atoms. The summed E-state index contributed by atoms with van der Waals surface area (Å²) in [5.41, 5.74) is 0. The Kier molecular flexibility index (Phi) is 9.29. The fourth-order valence-electron chi connectivity index (χ4n) is 1.12. The van der Waals surface area contributed by atoms with E-state index in [-0.39, 0.29) is 12.7 Å². The van der Waals surface area contributed by atoms with E-state index >= 15 is 0 Å². The summed E-state index contributed by atoms with van der Waals surface area (Å²) in [6.45, 7) is 5.81. The van der Waals surface area contributed by atoms with Gasteiger partial charge >= 0.3 is 0 Å². The summed E-state index contributed by atoms with van der Waals surface area (Å²) < 4.78 is 10.2. The molecule has 1 unspecified atom stereocenters. The predicted octanol–water partition coefficient (Wildman–Crippen LogP) is 0.419. The Labute approximate surface area is 85.8 Å². The molecule has 0 aromatic rings. The van der Waals surface area contributed by atoms with Gasteiger partial charge in [0.1, 0.15) is 0 Å². The summed E-state index contributed by atoms with van der Waals surface area (Å²) in [7, 11) is 0. The lowest BCUT2D eigenvalue weighted by atomic mass is 10.1. The van der Waals surface area contributed by atoms with Crippen molar-refractivity contribution in [3.63, 3.8) is 0 Å². The van der Waals surface area contributed by atoms with Crippen LogP contribution in [-0.2, 0) is 9.47 Å². The Hall–Kier alpha value is -0.160. The van der Waals surface area contributed by atoms with Gasteiger partial charge in [0.2, 0.25) is 0 Å². The smallest absolute Gasteiger partial charge is 0.0776 e. The van der Waals surface area contributed by atoms with Crippen LogP contribution < -0.4 is 0 Å². The van der Waals surface area contributed by atoms with Crippen molar-refractivity contribution in [3.05, 3.63) is 0 Å². The van der Waals surface area contributed by atoms with Gasteiger partial charge in [0, 0.05) is 0 Å². The highest BCUT2D eigenvalue weighted by atomic mass is 16.5. The fraction of sp³-hybridized carbons (Fsp3) is 1.00. The summed E-state index contributed by atoms with van der Waals surface area (Å²) in [4.78, 5) is 0. The molecule has 0 spiro atoms. The monoisotopic (exact) mass is 206 g/mol. The van der Waals surface area contributed by atoms with Crippen LogP contribution in [0.15, 0.2) is 0 Å². The van der Waals surface area contributed by atoms with Crippen molar-refractivity contribution in [2.24, 2.45) is 5.92 Å². The van der Waals surface area contributed by atoms with Gasteiger partial charge in [0.15, 0.2) is 0 Å². The van der Waals surface area contributed by atoms with Gasteiger partial charge in [0.05, 0.1) is 39.1 Å². The minimum Gasteiger partial charge on any atom is -0.394 e. The zero-order valence-electron chi connectivity index (χ0n) is 9.11. The lowest BCUT2D eigenvalue weighted by Gasteiger charge is -2.13. The zero-order chi connectivity index (χ0) is 10.8. The maximum atomic E-state index is 9.42. The standard InChI is InChI=1S/C10H22O4/c1-9(2)7-10(12)8-14-6-5-13-4-3-11/h9-12H,3-8H2,1-2H3. The second-order valence-corrected chi connectivity index (χ2v) is 3.69. The molecule has 0 aromatic carbocycles. The number of hydrogen-bond donors (Lipinski definition) is 2. The van der Waals surface area contributed by atoms with Gasteiger partial charge in [-0.25, -0.2) is 0 Å². The molecule has 0 saturated carbocycles. The molecular formula is C10H22O4. The maximum absolute atomic E-state index is 9.42. The molecule has 0 fully saturated rings. The molecule has 4 heteroatoms. The van der Waals surface area contributed by atoms with E-state index in [2.05, 4.69) is 13.8 Å². The van der Waals surface area contributed by atoms with Crippen LogP contribution in [0, 0.1) is 5.92 Å². The highest BCUT2D eigenvalue weighted by Gasteiger charge is 2.06. The normalized spacial score (nSPS) is 13.5. The molecule has 0 saturated heterocycles. The first-order chi connectivity index (χ1) is 6.66. The molecule has 0 aromatic heterocycles. The molecule has 4 nitrogen and oxygen atoms in total. The highest BCUT2D eigenvalue weighted by Crippen LogP contribution is 2.04. The Morgan fingerprint density at radius 3 is 2.29 bits per heavy atom. The van der Waals surface area contributed by atoms with Crippen molar-refractivity contribution >= 4 is 0 Å². The van der Waals surface area contributed by atoms with Crippen LogP contribution in [0.2, 0.25) is 0 Å². The second kappa shape index (κ2) is 9.40. The average molecular weight is 206 g/mol. The molecule has 0 heterocycles. The van der Waals surface area contributed by atoms with Gasteiger partial charge in [-0.15, -0.1) is 0 Å². The topological polar surface area (TPSA) is 58.9 Å². The van der Waals surface area contributed by atoms with Crippen LogP contribution in [0.4, 0.5) is 0 Å². The molecule has 1 atom stereocenters. The molecule has 0 aliphatic carbocycles. The minimum absolute atomic E-state index is 0.0377. The molecule has 0 rings (SSSR count). The molecule has 0 aliphatic rings. The van der Waals surface area contributed by atoms with E-state index in [1.54, 1.807) is 0 Å². The lowest BCUT2D eigenvalue weighted by Crippen LogP contribution is -2.19. The van der Waals surface area contributed by atoms with Crippen molar-refractivity contribution < 1.29 is 19.7 Å². The van der Waals surface area contributed by atoms with Gasteiger partial charge in [0.25, 0.3) is 0 Å². The Morgan fingerprint density at radius 1 is 1.07 bits per heavy atom. The van der Waals surface area contributed by atoms with E-state index in [0.29, 0.717) is 32.3 Å². The first kappa shape index (κ1) is 13.8. The molecule has 86 valence electrons. The Balaban J connectivity index is 3.10. The average Bonchev–Trinajstić information content (AvgIpc) is 2.10. The number of ether oxygens (including phenoxy) is 2. The van der Waals surface area contributed by atoms with Gasteiger partial charge in [-0.2, -0.15) is 0 Å². The molecule has 0 amide bonds. The lowest BCUT2D eigenvalue weighted by molar-refractivity contribution is -0.00717. The van der Waals surface area contributed by atoms with Crippen molar-refractivity contribution in [1.82, 2.24) is 0 Å². The number of aliphatic hydroxyl groups is 2. The van der Waals surface area contributed by atoms with Gasteiger partial charge in [-0.3, -0.25) is 0 Å². The summed E-state index contributed by atoms with van der Waals surface area (Å²) >= 11 is 0. The minimum atomic E-state index is -0.382. The number of rotatable bonds is 9. The fourth-order valence-corrected chi connectivity index (χ4v) is 1.12. The van der Waals surface area contributed by atoms with Crippen LogP contribution in [0.25, 0.3) is 0 Å². The van der Waals surface area contributed by atoms with Crippen molar-refractivity contribution in [2.75, 3.05) is 33.0 Å². The van der Waals surface area contributed by atoms with Crippen LogP contribution >= 0.6 is 0 Å². The third-order valence-electron chi connectivity index (χ3n) is 1.66. The van der Waals surface area contributed by atoms with E-state index in [1.165, 1.54) is 0 Å². The van der Waals surface area contributed by atoms with E-state index in [0.717, 1.165) is 6.42 Å². The van der Waals surface area contributed by atoms with E-state index < -0.39 is 0 Å². The summed E-state index contributed by atoms with van der Waals surface area (Å²) in [5, 5.41) is 17.8. The molecule has 0 aliphatic heterocycles.